The van der Waals surface area contributed by atoms with Gasteiger partial charge in [0.2, 0.25) is 0 Å². The molecule has 0 aromatic carbocycles. The molecule has 612 valence electrons. The molecule has 0 radical (unpaired) electrons. The van der Waals surface area contributed by atoms with Gasteiger partial charge in [-0.3, -0.25) is 37.3 Å². The van der Waals surface area contributed by atoms with Crippen molar-refractivity contribution in [3.8, 4) is 0 Å². The predicted molar refractivity (Wildman–Crippen MR) is 423 cm³/mol. The number of hydrogen-bond donors (Lipinski definition) is 3. The van der Waals surface area contributed by atoms with E-state index in [0.29, 0.717) is 31.6 Å². The Bertz CT molecular complexity index is 1990. The second-order valence-electron chi connectivity index (χ2n) is 31.4. The number of hydrogen-bond acceptors (Lipinski definition) is 15. The van der Waals surface area contributed by atoms with Crippen LogP contribution in [-0.4, -0.2) is 96.7 Å². The van der Waals surface area contributed by atoms with E-state index in [1.807, 2.05) is 0 Å². The molecule has 0 aliphatic heterocycles. The molecule has 0 amide bonds. The van der Waals surface area contributed by atoms with Gasteiger partial charge in [-0.1, -0.05) is 389 Å². The van der Waals surface area contributed by atoms with Crippen LogP contribution in [0.15, 0.2) is 0 Å². The van der Waals surface area contributed by atoms with Gasteiger partial charge in [0.25, 0.3) is 0 Å². The summed E-state index contributed by atoms with van der Waals surface area (Å²) in [5, 5.41) is 10.6. The van der Waals surface area contributed by atoms with Crippen molar-refractivity contribution in [1.29, 1.82) is 0 Å². The van der Waals surface area contributed by atoms with Crippen LogP contribution >= 0.6 is 15.6 Å². The maximum Gasteiger partial charge on any atom is 0.472 e. The zero-order valence-electron chi connectivity index (χ0n) is 67.8. The third-order valence-electron chi connectivity index (χ3n) is 20.0. The highest BCUT2D eigenvalue weighted by Crippen LogP contribution is 2.45. The van der Waals surface area contributed by atoms with Gasteiger partial charge in [-0.2, -0.15) is 0 Å². The molecule has 17 nitrogen and oxygen atoms in total. The Labute approximate surface area is 632 Å². The summed E-state index contributed by atoms with van der Waals surface area (Å²) in [6.45, 7) is 11.9. The van der Waals surface area contributed by atoms with Crippen LogP contribution in [0, 0.1) is 17.8 Å². The molecule has 0 bridgehead atoms. The molecule has 3 N–H and O–H groups in total. The predicted octanol–water partition coefficient (Wildman–Crippen LogP) is 25.3. The van der Waals surface area contributed by atoms with Crippen LogP contribution in [0.3, 0.4) is 0 Å². The van der Waals surface area contributed by atoms with E-state index in [1.54, 1.807) is 0 Å². The summed E-state index contributed by atoms with van der Waals surface area (Å²) in [5.74, 6) is 0.191. The van der Waals surface area contributed by atoms with Crippen molar-refractivity contribution in [2.75, 3.05) is 39.6 Å². The Morgan fingerprint density at radius 1 is 0.282 bits per heavy atom. The molecule has 0 heterocycles. The molecule has 0 fully saturated rings. The number of carbonyl (C=O) groups excluding carboxylic acids is 4. The van der Waals surface area contributed by atoms with Crippen LogP contribution in [-0.2, 0) is 65.4 Å². The largest absolute Gasteiger partial charge is 0.472 e. The molecule has 0 rings (SSSR count). The minimum atomic E-state index is -4.96. The molecule has 0 spiro atoms. The van der Waals surface area contributed by atoms with Crippen LogP contribution < -0.4 is 0 Å². The Balaban J connectivity index is 5.20. The first-order chi connectivity index (χ1) is 49.8. The lowest BCUT2D eigenvalue weighted by Crippen LogP contribution is -2.30. The molecule has 19 heteroatoms. The fourth-order valence-corrected chi connectivity index (χ4v) is 14.6. The van der Waals surface area contributed by atoms with Gasteiger partial charge in [0, 0.05) is 25.7 Å². The Kier molecular flexibility index (Phi) is 72.8. The summed E-state index contributed by atoms with van der Waals surface area (Å²) in [4.78, 5) is 73.1. The van der Waals surface area contributed by atoms with Gasteiger partial charge in [0.1, 0.15) is 19.3 Å². The van der Waals surface area contributed by atoms with Crippen LogP contribution in [0.1, 0.15) is 440 Å². The number of aliphatic hydroxyl groups is 1. The van der Waals surface area contributed by atoms with E-state index in [1.165, 1.54) is 244 Å². The number of esters is 4. The van der Waals surface area contributed by atoms with Gasteiger partial charge in [0.05, 0.1) is 26.4 Å². The summed E-state index contributed by atoms with van der Waals surface area (Å²) >= 11 is 0. The third-order valence-corrected chi connectivity index (χ3v) is 21.9. The quantitative estimate of drug-likeness (QED) is 0.0222. The summed E-state index contributed by atoms with van der Waals surface area (Å²) in [7, 11) is -9.92. The second-order valence-corrected chi connectivity index (χ2v) is 34.3. The lowest BCUT2D eigenvalue weighted by Gasteiger charge is -2.21. The van der Waals surface area contributed by atoms with E-state index in [-0.39, 0.29) is 25.7 Å². The van der Waals surface area contributed by atoms with Gasteiger partial charge in [-0.25, -0.2) is 9.13 Å². The maximum atomic E-state index is 13.1. The average Bonchev–Trinajstić information content (AvgIpc) is 0.965. The van der Waals surface area contributed by atoms with E-state index < -0.39 is 97.5 Å². The highest BCUT2D eigenvalue weighted by molar-refractivity contribution is 7.47. The molecule has 0 aromatic heterocycles. The Morgan fingerprint density at radius 2 is 0.495 bits per heavy atom. The normalized spacial score (nSPS) is 14.2. The molecule has 0 saturated heterocycles. The van der Waals surface area contributed by atoms with Gasteiger partial charge < -0.3 is 33.8 Å². The molecular formula is C84H164O17P2. The zero-order chi connectivity index (χ0) is 75.8. The summed E-state index contributed by atoms with van der Waals surface area (Å²) in [6.07, 6.45) is 64.1. The van der Waals surface area contributed by atoms with Crippen molar-refractivity contribution in [3.63, 3.8) is 0 Å². The molecule has 0 aliphatic carbocycles. The summed E-state index contributed by atoms with van der Waals surface area (Å²) in [5.41, 5.74) is 0. The van der Waals surface area contributed by atoms with Crippen molar-refractivity contribution in [3.05, 3.63) is 0 Å². The number of carbonyl (C=O) groups is 4. The molecule has 103 heavy (non-hydrogen) atoms. The van der Waals surface area contributed by atoms with Gasteiger partial charge in [-0.15, -0.1) is 0 Å². The Morgan fingerprint density at radius 3 is 0.738 bits per heavy atom. The Hall–Kier alpha value is -1.94. The smallest absolute Gasteiger partial charge is 0.462 e. The molecule has 6 atom stereocenters. The van der Waals surface area contributed by atoms with Crippen LogP contribution in [0.4, 0.5) is 0 Å². The van der Waals surface area contributed by atoms with Crippen LogP contribution in [0.5, 0.6) is 0 Å². The number of rotatable bonds is 82. The van der Waals surface area contributed by atoms with E-state index in [9.17, 15) is 43.2 Å². The van der Waals surface area contributed by atoms with E-state index >= 15 is 0 Å². The van der Waals surface area contributed by atoms with Crippen molar-refractivity contribution >= 4 is 39.5 Å². The minimum absolute atomic E-state index is 0.105. The monoisotopic (exact) mass is 1510 g/mol. The zero-order valence-corrected chi connectivity index (χ0v) is 69.6. The van der Waals surface area contributed by atoms with Crippen LogP contribution in [0.2, 0.25) is 0 Å². The number of phosphoric ester groups is 2. The van der Waals surface area contributed by atoms with Gasteiger partial charge >= 0.3 is 39.5 Å². The van der Waals surface area contributed by atoms with E-state index in [2.05, 4.69) is 48.5 Å². The van der Waals surface area contributed by atoms with Crippen molar-refractivity contribution in [1.82, 2.24) is 0 Å². The van der Waals surface area contributed by atoms with Crippen LogP contribution in [0.25, 0.3) is 0 Å². The lowest BCUT2D eigenvalue weighted by atomic mass is 9.99. The maximum absolute atomic E-state index is 13.1. The minimum Gasteiger partial charge on any atom is -0.462 e. The van der Waals surface area contributed by atoms with Crippen molar-refractivity contribution in [2.24, 2.45) is 17.8 Å². The SMILES string of the molecule is CCCCCCCCCCCCCCCCCCCCCC(=O)OC[C@H](COP(=O)(O)OC[C@@H](O)COP(=O)(O)OC[C@@H](COC(=O)CCCCCCCCC(C)C)OC(=O)CCCCCCCCCCCCC(C)C)OC(=O)CCCCCCCCCCCCCCCCCCCCC(C)CC. The number of unbranched alkanes of at least 4 members (excludes halogenated alkanes) is 49. The molecule has 0 aliphatic rings. The molecular weight excluding hydrogens is 1340 g/mol. The van der Waals surface area contributed by atoms with Gasteiger partial charge in [0.15, 0.2) is 12.2 Å². The first-order valence-electron chi connectivity index (χ1n) is 43.4. The first-order valence-corrected chi connectivity index (χ1v) is 46.4. The standard InChI is InChI=1S/C84H164O17P2/c1-8-10-11-12-13-14-15-16-17-18-19-23-26-29-32-38-43-51-58-65-81(86)94-71-79(100-83(88)67-60-53-44-39-33-30-27-24-21-20-22-25-28-31-37-42-50-57-64-77(7)9-2)73-98-102(90,91)96-69-78(85)70-97-103(92,93)99-74-80(72-95-82(87)66-59-52-47-46-49-56-63-76(5)6)101-84(89)68-61-54-45-40-35-34-36-41-48-55-62-75(3)4/h75-80,85H,8-74H2,1-7H3,(H,90,91)(H,92,93)/t77?,78-,79-,80-/m1/s1. The first kappa shape index (κ1) is 101. The summed E-state index contributed by atoms with van der Waals surface area (Å²) in [6, 6.07) is 0. The molecule has 0 aromatic rings. The third kappa shape index (κ3) is 76.6. The summed E-state index contributed by atoms with van der Waals surface area (Å²) < 4.78 is 68.7. The number of phosphoric acid groups is 2. The molecule has 0 saturated carbocycles. The lowest BCUT2D eigenvalue weighted by molar-refractivity contribution is -0.161. The molecule has 3 unspecified atom stereocenters. The van der Waals surface area contributed by atoms with Crippen molar-refractivity contribution in [2.45, 2.75) is 458 Å². The van der Waals surface area contributed by atoms with Gasteiger partial charge in [-0.05, 0) is 43.4 Å². The highest BCUT2D eigenvalue weighted by atomic mass is 31.2. The second kappa shape index (κ2) is 74.2. The van der Waals surface area contributed by atoms with Crippen molar-refractivity contribution < 1.29 is 80.2 Å². The number of ether oxygens (including phenoxy) is 4. The number of aliphatic hydroxyl groups excluding tert-OH is 1. The topological polar surface area (TPSA) is 237 Å². The highest BCUT2D eigenvalue weighted by Gasteiger charge is 2.30. The fraction of sp³-hybridized carbons (Fsp3) is 0.952. The fourth-order valence-electron chi connectivity index (χ4n) is 13.0. The van der Waals surface area contributed by atoms with E-state index in [4.69, 9.17) is 37.0 Å². The average molecular weight is 1510 g/mol. The van der Waals surface area contributed by atoms with E-state index in [0.717, 1.165) is 108 Å².